The van der Waals surface area contributed by atoms with Crippen molar-refractivity contribution in [1.29, 1.82) is 0 Å². The molecule has 94 valence electrons. The van der Waals surface area contributed by atoms with Crippen LogP contribution in [0, 0.1) is 5.82 Å². The molecule has 2 rings (SSSR count). The van der Waals surface area contributed by atoms with Gasteiger partial charge in [0, 0.05) is 10.4 Å². The lowest BCUT2D eigenvalue weighted by Crippen LogP contribution is -1.88. The van der Waals surface area contributed by atoms with E-state index in [1.807, 2.05) is 12.1 Å². The van der Waals surface area contributed by atoms with Crippen LogP contribution in [0.15, 0.2) is 40.9 Å². The SMILES string of the molecule is Fc1ccc(Oc2ccc(CBr)c(Cl)c2)c(Br)c1. The monoisotopic (exact) mass is 392 g/mol. The number of rotatable bonds is 3. The van der Waals surface area contributed by atoms with Crippen LogP contribution in [0.4, 0.5) is 4.39 Å². The van der Waals surface area contributed by atoms with Crippen molar-refractivity contribution in [2.45, 2.75) is 5.33 Å². The molecule has 0 radical (unpaired) electrons. The van der Waals surface area contributed by atoms with Gasteiger partial charge in [0.25, 0.3) is 0 Å². The van der Waals surface area contributed by atoms with E-state index in [0.29, 0.717) is 26.3 Å². The molecule has 18 heavy (non-hydrogen) atoms. The first-order valence-corrected chi connectivity index (χ1v) is 7.36. The molecule has 0 saturated heterocycles. The Morgan fingerprint density at radius 1 is 1.17 bits per heavy atom. The lowest BCUT2D eigenvalue weighted by atomic mass is 10.2. The molecule has 5 heteroatoms. The molecule has 2 aromatic carbocycles. The van der Waals surface area contributed by atoms with E-state index in [0.717, 1.165) is 5.56 Å². The van der Waals surface area contributed by atoms with E-state index in [1.165, 1.54) is 12.1 Å². The molecule has 0 aliphatic rings. The molecular weight excluding hydrogens is 386 g/mol. The molecule has 0 fully saturated rings. The van der Waals surface area contributed by atoms with Gasteiger partial charge in [0.05, 0.1) is 4.47 Å². The third-order valence-corrected chi connectivity index (χ3v) is 3.87. The summed E-state index contributed by atoms with van der Waals surface area (Å²) in [4.78, 5) is 0. The molecule has 2 aromatic rings. The van der Waals surface area contributed by atoms with E-state index in [2.05, 4.69) is 31.9 Å². The van der Waals surface area contributed by atoms with Crippen LogP contribution >= 0.6 is 43.5 Å². The molecule has 0 unspecified atom stereocenters. The summed E-state index contributed by atoms with van der Waals surface area (Å²) in [7, 11) is 0. The second kappa shape index (κ2) is 6.04. The van der Waals surface area contributed by atoms with Crippen LogP contribution in [0.1, 0.15) is 5.56 Å². The summed E-state index contributed by atoms with van der Waals surface area (Å²) in [6, 6.07) is 9.68. The molecule has 0 aliphatic carbocycles. The molecule has 0 aromatic heterocycles. The van der Waals surface area contributed by atoms with Crippen molar-refractivity contribution in [3.05, 3.63) is 57.3 Å². The summed E-state index contributed by atoms with van der Waals surface area (Å²) in [5, 5.41) is 1.31. The van der Waals surface area contributed by atoms with E-state index >= 15 is 0 Å². The van der Waals surface area contributed by atoms with Crippen LogP contribution in [0.2, 0.25) is 5.02 Å². The number of benzene rings is 2. The first kappa shape index (κ1) is 13.8. The highest BCUT2D eigenvalue weighted by molar-refractivity contribution is 9.10. The largest absolute Gasteiger partial charge is 0.456 e. The Morgan fingerprint density at radius 2 is 1.94 bits per heavy atom. The van der Waals surface area contributed by atoms with Crippen LogP contribution in [-0.4, -0.2) is 0 Å². The average Bonchev–Trinajstić information content (AvgIpc) is 2.33. The van der Waals surface area contributed by atoms with Gasteiger partial charge >= 0.3 is 0 Å². The Morgan fingerprint density at radius 3 is 2.56 bits per heavy atom. The van der Waals surface area contributed by atoms with Crippen LogP contribution < -0.4 is 4.74 Å². The number of halogens is 4. The fraction of sp³-hybridized carbons (Fsp3) is 0.0769. The lowest BCUT2D eigenvalue weighted by molar-refractivity contribution is 0.477. The summed E-state index contributed by atoms with van der Waals surface area (Å²) in [6.07, 6.45) is 0. The van der Waals surface area contributed by atoms with Gasteiger partial charge in [-0.15, -0.1) is 0 Å². The van der Waals surface area contributed by atoms with Crippen molar-refractivity contribution in [3.8, 4) is 11.5 Å². The standard InChI is InChI=1S/C13H8Br2ClFO/c14-7-8-1-3-10(6-12(8)16)18-13-4-2-9(17)5-11(13)15/h1-6H,7H2. The van der Waals surface area contributed by atoms with Crippen molar-refractivity contribution in [2.75, 3.05) is 0 Å². The van der Waals surface area contributed by atoms with Gasteiger partial charge in [0.15, 0.2) is 0 Å². The Bertz CT molecular complexity index is 575. The van der Waals surface area contributed by atoms with Gasteiger partial charge in [-0.2, -0.15) is 0 Å². The highest BCUT2D eigenvalue weighted by atomic mass is 79.9. The van der Waals surface area contributed by atoms with Crippen molar-refractivity contribution < 1.29 is 9.13 Å². The molecule has 0 saturated carbocycles. The zero-order chi connectivity index (χ0) is 13.1. The predicted molar refractivity (Wildman–Crippen MR) is 78.3 cm³/mol. The van der Waals surface area contributed by atoms with Gasteiger partial charge in [0.1, 0.15) is 17.3 Å². The number of hydrogen-bond donors (Lipinski definition) is 0. The second-order valence-corrected chi connectivity index (χ2v) is 5.39. The van der Waals surface area contributed by atoms with Gasteiger partial charge < -0.3 is 4.74 Å². The van der Waals surface area contributed by atoms with Crippen molar-refractivity contribution in [3.63, 3.8) is 0 Å². The first-order chi connectivity index (χ1) is 8.60. The molecule has 0 bridgehead atoms. The highest BCUT2D eigenvalue weighted by Gasteiger charge is 2.06. The highest BCUT2D eigenvalue weighted by Crippen LogP contribution is 2.32. The zero-order valence-corrected chi connectivity index (χ0v) is 13.0. The third-order valence-electron chi connectivity index (χ3n) is 2.29. The maximum Gasteiger partial charge on any atom is 0.141 e. The molecular formula is C13H8Br2ClFO. The number of alkyl halides is 1. The zero-order valence-electron chi connectivity index (χ0n) is 9.09. The van der Waals surface area contributed by atoms with Gasteiger partial charge in [-0.3, -0.25) is 0 Å². The van der Waals surface area contributed by atoms with Crippen LogP contribution in [-0.2, 0) is 5.33 Å². The quantitative estimate of drug-likeness (QED) is 0.587. The summed E-state index contributed by atoms with van der Waals surface area (Å²) in [6.45, 7) is 0. The first-order valence-electron chi connectivity index (χ1n) is 5.07. The minimum atomic E-state index is -0.318. The maximum absolute atomic E-state index is 12.9. The molecule has 0 atom stereocenters. The van der Waals surface area contributed by atoms with Crippen molar-refractivity contribution in [2.24, 2.45) is 0 Å². The molecule has 0 aliphatic heterocycles. The Labute approximate surface area is 126 Å². The maximum atomic E-state index is 12.9. The number of ether oxygens (including phenoxy) is 1. The normalized spacial score (nSPS) is 10.4. The Kier molecular flexibility index (Phi) is 4.65. The lowest BCUT2D eigenvalue weighted by Gasteiger charge is -2.09. The molecule has 0 spiro atoms. The topological polar surface area (TPSA) is 9.23 Å². The van der Waals surface area contributed by atoms with E-state index in [4.69, 9.17) is 16.3 Å². The van der Waals surface area contributed by atoms with Crippen LogP contribution in [0.5, 0.6) is 11.5 Å². The Balaban J connectivity index is 2.26. The smallest absolute Gasteiger partial charge is 0.141 e. The molecule has 0 amide bonds. The van der Waals surface area contributed by atoms with E-state index < -0.39 is 0 Å². The van der Waals surface area contributed by atoms with Gasteiger partial charge in [-0.05, 0) is 51.8 Å². The third kappa shape index (κ3) is 3.25. The predicted octanol–water partition coefficient (Wildman–Crippen LogP) is 5.93. The van der Waals surface area contributed by atoms with Crippen LogP contribution in [0.3, 0.4) is 0 Å². The fourth-order valence-electron chi connectivity index (χ4n) is 1.38. The summed E-state index contributed by atoms with van der Waals surface area (Å²) >= 11 is 12.7. The molecule has 0 N–H and O–H groups in total. The summed E-state index contributed by atoms with van der Waals surface area (Å²) in [5.74, 6) is 0.831. The summed E-state index contributed by atoms with van der Waals surface area (Å²) < 4.78 is 19.1. The van der Waals surface area contributed by atoms with Gasteiger partial charge in [-0.25, -0.2) is 4.39 Å². The average molecular weight is 394 g/mol. The molecule has 1 nitrogen and oxygen atoms in total. The molecule has 0 heterocycles. The van der Waals surface area contributed by atoms with Crippen molar-refractivity contribution >= 4 is 43.5 Å². The summed E-state index contributed by atoms with van der Waals surface area (Å²) in [5.41, 5.74) is 0.988. The minimum Gasteiger partial charge on any atom is -0.456 e. The minimum absolute atomic E-state index is 0.318. The van der Waals surface area contributed by atoms with Crippen LogP contribution in [0.25, 0.3) is 0 Å². The number of hydrogen-bond acceptors (Lipinski definition) is 1. The second-order valence-electron chi connectivity index (χ2n) is 3.56. The van der Waals surface area contributed by atoms with Gasteiger partial charge in [-0.1, -0.05) is 33.6 Å². The fourth-order valence-corrected chi connectivity index (χ4v) is 2.70. The van der Waals surface area contributed by atoms with E-state index in [1.54, 1.807) is 12.1 Å². The van der Waals surface area contributed by atoms with E-state index in [9.17, 15) is 4.39 Å². The van der Waals surface area contributed by atoms with E-state index in [-0.39, 0.29) is 5.82 Å². The van der Waals surface area contributed by atoms with Crippen molar-refractivity contribution in [1.82, 2.24) is 0 Å². The Hall–Kier alpha value is -0.580. The van der Waals surface area contributed by atoms with Gasteiger partial charge in [0.2, 0.25) is 0 Å².